The first kappa shape index (κ1) is 19.9. The SMILES string of the molecule is CC(=O)N1c2ccc(C(N)=O)cc2[C@H](Nc2ncccc2C(N)=O)[C@@H](C)[C@@H]1C1CC1. The van der Waals surface area contributed by atoms with Crippen LogP contribution >= 0.6 is 0 Å². The first-order chi connectivity index (χ1) is 14.3. The maximum absolute atomic E-state index is 12.6. The maximum Gasteiger partial charge on any atom is 0.252 e. The van der Waals surface area contributed by atoms with Crippen molar-refractivity contribution in [3.05, 3.63) is 53.2 Å². The molecule has 156 valence electrons. The predicted molar refractivity (Wildman–Crippen MR) is 113 cm³/mol. The van der Waals surface area contributed by atoms with E-state index in [0.29, 0.717) is 17.3 Å². The van der Waals surface area contributed by atoms with Gasteiger partial charge in [-0.05, 0) is 54.7 Å². The molecule has 8 nitrogen and oxygen atoms in total. The van der Waals surface area contributed by atoms with Crippen molar-refractivity contribution in [2.24, 2.45) is 23.3 Å². The van der Waals surface area contributed by atoms with E-state index in [4.69, 9.17) is 11.5 Å². The van der Waals surface area contributed by atoms with Crippen LogP contribution in [0.2, 0.25) is 0 Å². The van der Waals surface area contributed by atoms with Crippen molar-refractivity contribution in [1.82, 2.24) is 4.98 Å². The Balaban J connectivity index is 1.86. The number of amides is 3. The lowest BCUT2D eigenvalue weighted by Gasteiger charge is -2.46. The van der Waals surface area contributed by atoms with Gasteiger partial charge in [0.2, 0.25) is 11.8 Å². The molecule has 1 fully saturated rings. The Bertz CT molecular complexity index is 1030. The molecule has 1 aromatic heterocycles. The van der Waals surface area contributed by atoms with E-state index in [1.165, 1.54) is 0 Å². The molecule has 1 aliphatic heterocycles. The number of nitrogens with zero attached hydrogens (tertiary/aromatic N) is 2. The summed E-state index contributed by atoms with van der Waals surface area (Å²) in [6.07, 6.45) is 3.72. The molecule has 3 atom stereocenters. The lowest BCUT2D eigenvalue weighted by molar-refractivity contribution is -0.117. The average Bonchev–Trinajstić information content (AvgIpc) is 3.54. The Labute approximate surface area is 174 Å². The standard InChI is InChI=1S/C22H25N5O3/c1-11-18(26-22-15(21(24)30)4-3-9-25-22)16-10-14(20(23)29)7-8-17(16)27(12(2)28)19(11)13-5-6-13/h3-4,7-11,13,18-19H,5-6H2,1-2H3,(H2,23,29)(H2,24,30)(H,25,26)/t11-,18-,19-/m1/s1. The van der Waals surface area contributed by atoms with Crippen molar-refractivity contribution >= 4 is 29.2 Å². The first-order valence-electron chi connectivity index (χ1n) is 10.0. The van der Waals surface area contributed by atoms with Gasteiger partial charge >= 0.3 is 0 Å². The van der Waals surface area contributed by atoms with E-state index in [1.54, 1.807) is 43.5 Å². The van der Waals surface area contributed by atoms with Gasteiger partial charge in [0.1, 0.15) is 5.82 Å². The van der Waals surface area contributed by atoms with Gasteiger partial charge in [0.05, 0.1) is 11.6 Å². The van der Waals surface area contributed by atoms with Gasteiger partial charge in [-0.3, -0.25) is 14.4 Å². The highest BCUT2D eigenvalue weighted by atomic mass is 16.2. The molecule has 2 aliphatic rings. The number of primary amides is 2. The second kappa shape index (κ2) is 7.44. The van der Waals surface area contributed by atoms with Crippen molar-refractivity contribution < 1.29 is 14.4 Å². The molecule has 1 saturated carbocycles. The van der Waals surface area contributed by atoms with E-state index in [1.807, 2.05) is 4.90 Å². The van der Waals surface area contributed by atoms with E-state index >= 15 is 0 Å². The predicted octanol–water partition coefficient (Wildman–Crippen LogP) is 2.21. The molecule has 30 heavy (non-hydrogen) atoms. The van der Waals surface area contributed by atoms with Crippen molar-refractivity contribution in [3.63, 3.8) is 0 Å². The van der Waals surface area contributed by atoms with Gasteiger partial charge in [0.15, 0.2) is 0 Å². The van der Waals surface area contributed by atoms with E-state index in [0.717, 1.165) is 24.1 Å². The van der Waals surface area contributed by atoms with Crippen LogP contribution in [-0.2, 0) is 4.79 Å². The fourth-order valence-electron chi connectivity index (χ4n) is 4.59. The monoisotopic (exact) mass is 407 g/mol. The molecule has 4 rings (SSSR count). The summed E-state index contributed by atoms with van der Waals surface area (Å²) in [7, 11) is 0. The topological polar surface area (TPSA) is 131 Å². The van der Waals surface area contributed by atoms with Gasteiger partial charge < -0.3 is 21.7 Å². The fraction of sp³-hybridized carbons (Fsp3) is 0.364. The third kappa shape index (κ3) is 3.38. The number of pyridine rings is 1. The molecule has 1 aromatic carbocycles. The van der Waals surface area contributed by atoms with Gasteiger partial charge in [-0.15, -0.1) is 0 Å². The number of nitrogens with one attached hydrogen (secondary N) is 1. The molecule has 3 amide bonds. The summed E-state index contributed by atoms with van der Waals surface area (Å²) < 4.78 is 0. The summed E-state index contributed by atoms with van der Waals surface area (Å²) >= 11 is 0. The highest BCUT2D eigenvalue weighted by molar-refractivity contribution is 5.99. The normalized spacial score (nSPS) is 22.9. The number of hydrogen-bond donors (Lipinski definition) is 3. The largest absolute Gasteiger partial charge is 0.366 e. The van der Waals surface area contributed by atoms with Crippen LogP contribution in [0.25, 0.3) is 0 Å². The van der Waals surface area contributed by atoms with Crippen molar-refractivity contribution in [2.45, 2.75) is 38.8 Å². The van der Waals surface area contributed by atoms with Crippen LogP contribution in [0.1, 0.15) is 59.0 Å². The van der Waals surface area contributed by atoms with Crippen molar-refractivity contribution in [3.8, 4) is 0 Å². The number of benzene rings is 1. The smallest absolute Gasteiger partial charge is 0.252 e. The highest BCUT2D eigenvalue weighted by Crippen LogP contribution is 2.50. The number of rotatable bonds is 5. The van der Waals surface area contributed by atoms with Crippen molar-refractivity contribution in [1.29, 1.82) is 0 Å². The highest BCUT2D eigenvalue weighted by Gasteiger charge is 2.47. The Hall–Kier alpha value is -3.42. The Morgan fingerprint density at radius 2 is 1.87 bits per heavy atom. The fourth-order valence-corrected chi connectivity index (χ4v) is 4.59. The average molecular weight is 407 g/mol. The number of anilines is 2. The quantitative estimate of drug-likeness (QED) is 0.699. The number of aromatic nitrogens is 1. The minimum absolute atomic E-state index is 0.000223. The zero-order valence-electron chi connectivity index (χ0n) is 17.0. The van der Waals surface area contributed by atoms with E-state index in [2.05, 4.69) is 17.2 Å². The third-order valence-electron chi connectivity index (χ3n) is 6.08. The Kier molecular flexibility index (Phi) is 4.93. The molecule has 0 spiro atoms. The number of fused-ring (bicyclic) bond motifs is 1. The summed E-state index contributed by atoms with van der Waals surface area (Å²) in [6.45, 7) is 3.63. The Morgan fingerprint density at radius 1 is 1.13 bits per heavy atom. The third-order valence-corrected chi connectivity index (χ3v) is 6.08. The molecular weight excluding hydrogens is 382 g/mol. The molecule has 0 bridgehead atoms. The molecule has 0 unspecified atom stereocenters. The molecule has 2 heterocycles. The van der Waals surface area contributed by atoms with Crippen LogP contribution in [0, 0.1) is 11.8 Å². The summed E-state index contributed by atoms with van der Waals surface area (Å²) in [5.74, 6) is -0.372. The van der Waals surface area contributed by atoms with Gasteiger partial charge in [-0.1, -0.05) is 6.92 Å². The van der Waals surface area contributed by atoms with E-state index in [9.17, 15) is 14.4 Å². The molecule has 5 N–H and O–H groups in total. The number of nitrogens with two attached hydrogens (primary N) is 2. The lowest BCUT2D eigenvalue weighted by atomic mass is 9.79. The number of carbonyl (C=O) groups is 3. The maximum atomic E-state index is 12.6. The van der Waals surface area contributed by atoms with Gasteiger partial charge in [-0.25, -0.2) is 4.98 Å². The van der Waals surface area contributed by atoms with Crippen LogP contribution in [-0.4, -0.2) is 28.7 Å². The molecule has 0 radical (unpaired) electrons. The number of hydrogen-bond acceptors (Lipinski definition) is 5. The zero-order chi connectivity index (χ0) is 21.6. The lowest BCUT2D eigenvalue weighted by Crippen LogP contribution is -2.51. The van der Waals surface area contributed by atoms with E-state index < -0.39 is 11.8 Å². The molecule has 8 heteroatoms. The summed E-state index contributed by atoms with van der Waals surface area (Å²) in [4.78, 5) is 42.5. The van der Waals surface area contributed by atoms with Crippen LogP contribution in [0.3, 0.4) is 0 Å². The summed E-state index contributed by atoms with van der Waals surface area (Å²) in [5.41, 5.74) is 13.2. The molecule has 0 saturated heterocycles. The number of carbonyl (C=O) groups excluding carboxylic acids is 3. The molecular formula is C22H25N5O3. The summed E-state index contributed by atoms with van der Waals surface area (Å²) in [6, 6.07) is 8.13. The molecule has 2 aromatic rings. The van der Waals surface area contributed by atoms with Crippen LogP contribution in [0.15, 0.2) is 36.5 Å². The second-order valence-electron chi connectivity index (χ2n) is 8.10. The van der Waals surface area contributed by atoms with Gasteiger partial charge in [-0.2, -0.15) is 0 Å². The van der Waals surface area contributed by atoms with E-state index in [-0.39, 0.29) is 29.5 Å². The second-order valence-corrected chi connectivity index (χ2v) is 8.10. The van der Waals surface area contributed by atoms with Gasteiger partial charge in [0.25, 0.3) is 5.91 Å². The minimum Gasteiger partial charge on any atom is -0.366 e. The molecule has 1 aliphatic carbocycles. The minimum atomic E-state index is -0.579. The van der Waals surface area contributed by atoms with Crippen molar-refractivity contribution in [2.75, 3.05) is 10.2 Å². The van der Waals surface area contributed by atoms with Crippen LogP contribution in [0.4, 0.5) is 11.5 Å². The first-order valence-corrected chi connectivity index (χ1v) is 10.0. The summed E-state index contributed by atoms with van der Waals surface area (Å²) in [5, 5.41) is 3.37. The Morgan fingerprint density at radius 3 is 2.47 bits per heavy atom. The van der Waals surface area contributed by atoms with Crippen LogP contribution < -0.4 is 21.7 Å². The zero-order valence-corrected chi connectivity index (χ0v) is 17.0. The van der Waals surface area contributed by atoms with Crippen LogP contribution in [0.5, 0.6) is 0 Å². The van der Waals surface area contributed by atoms with Gasteiger partial charge in [0, 0.05) is 36.3 Å².